The first-order chi connectivity index (χ1) is 16.5. The van der Waals surface area contributed by atoms with Crippen LogP contribution < -0.4 is 5.32 Å². The highest BCUT2D eigenvalue weighted by Crippen LogP contribution is 2.25. The number of nitrogens with one attached hydrogen (secondary N) is 1. The standard InChI is InChI=1S/C25H27ClN4O4/c1-3-34-24(31)19-6-4-5-7-21(19)27-25(32)30-13-12-23-20(14-30)22(28-29(23)2)16-33-15-17-8-10-18(26)11-9-17/h4-11H,3,12-16H2,1-2H3,(H,27,32). The van der Waals surface area contributed by atoms with Crippen LogP contribution in [0.5, 0.6) is 0 Å². The summed E-state index contributed by atoms with van der Waals surface area (Å²) in [6, 6.07) is 14.1. The molecule has 3 aromatic rings. The Balaban J connectivity index is 1.42. The topological polar surface area (TPSA) is 85.7 Å². The van der Waals surface area contributed by atoms with E-state index in [-0.39, 0.29) is 12.6 Å². The van der Waals surface area contributed by atoms with Crippen molar-refractivity contribution >= 4 is 29.3 Å². The van der Waals surface area contributed by atoms with Crippen LogP contribution >= 0.6 is 11.6 Å². The number of hydrogen-bond donors (Lipinski definition) is 1. The molecule has 0 saturated carbocycles. The van der Waals surface area contributed by atoms with Crippen LogP contribution in [0.15, 0.2) is 48.5 Å². The molecule has 2 amide bonds. The van der Waals surface area contributed by atoms with Crippen LogP contribution in [-0.4, -0.2) is 39.8 Å². The van der Waals surface area contributed by atoms with Crippen molar-refractivity contribution in [2.75, 3.05) is 18.5 Å². The number of halogens is 1. The van der Waals surface area contributed by atoms with Crippen LogP contribution in [-0.2, 0) is 42.7 Å². The number of anilines is 1. The summed E-state index contributed by atoms with van der Waals surface area (Å²) in [6.07, 6.45) is 0.683. The summed E-state index contributed by atoms with van der Waals surface area (Å²) in [6.45, 7) is 3.75. The van der Waals surface area contributed by atoms with Gasteiger partial charge >= 0.3 is 12.0 Å². The molecule has 178 valence electrons. The Labute approximate surface area is 203 Å². The van der Waals surface area contributed by atoms with Gasteiger partial charge in [-0.25, -0.2) is 9.59 Å². The van der Waals surface area contributed by atoms with E-state index in [2.05, 4.69) is 10.4 Å². The first kappa shape index (κ1) is 23.8. The molecule has 1 aromatic heterocycles. The molecular weight excluding hydrogens is 456 g/mol. The van der Waals surface area contributed by atoms with Gasteiger partial charge in [-0.2, -0.15) is 5.10 Å². The third-order valence-corrected chi connectivity index (χ3v) is 5.95. The summed E-state index contributed by atoms with van der Waals surface area (Å²) < 4.78 is 12.9. The zero-order chi connectivity index (χ0) is 24.1. The average molecular weight is 483 g/mol. The Kier molecular flexibility index (Phi) is 7.49. The number of aryl methyl sites for hydroxylation is 1. The molecule has 4 rings (SSSR count). The molecule has 0 bridgehead atoms. The second-order valence-electron chi connectivity index (χ2n) is 7.98. The van der Waals surface area contributed by atoms with E-state index in [1.165, 1.54) is 0 Å². The van der Waals surface area contributed by atoms with Gasteiger partial charge in [-0.1, -0.05) is 35.9 Å². The van der Waals surface area contributed by atoms with E-state index in [1.54, 1.807) is 36.1 Å². The Morgan fingerprint density at radius 2 is 1.88 bits per heavy atom. The van der Waals surface area contributed by atoms with Crippen molar-refractivity contribution in [3.05, 3.63) is 81.6 Å². The maximum Gasteiger partial charge on any atom is 0.340 e. The SMILES string of the molecule is CCOC(=O)c1ccccc1NC(=O)N1CCc2c(c(COCc3ccc(Cl)cc3)nn2C)C1. The summed E-state index contributed by atoms with van der Waals surface area (Å²) in [5.41, 5.74) is 4.69. The van der Waals surface area contributed by atoms with Gasteiger partial charge in [0.2, 0.25) is 0 Å². The van der Waals surface area contributed by atoms with Gasteiger partial charge in [0.1, 0.15) is 0 Å². The maximum absolute atomic E-state index is 13.0. The lowest BCUT2D eigenvalue weighted by Crippen LogP contribution is -2.39. The summed E-state index contributed by atoms with van der Waals surface area (Å²) in [7, 11) is 1.91. The number of benzene rings is 2. The van der Waals surface area contributed by atoms with E-state index in [0.29, 0.717) is 49.0 Å². The molecule has 34 heavy (non-hydrogen) atoms. The lowest BCUT2D eigenvalue weighted by atomic mass is 10.1. The second-order valence-corrected chi connectivity index (χ2v) is 8.42. The molecule has 8 nitrogen and oxygen atoms in total. The molecule has 9 heteroatoms. The van der Waals surface area contributed by atoms with Crippen LogP contribution in [0, 0.1) is 0 Å². The van der Waals surface area contributed by atoms with Crippen LogP contribution in [0.3, 0.4) is 0 Å². The molecule has 0 radical (unpaired) electrons. The minimum atomic E-state index is -0.466. The van der Waals surface area contributed by atoms with E-state index < -0.39 is 5.97 Å². The van der Waals surface area contributed by atoms with Crippen molar-refractivity contribution in [3.8, 4) is 0 Å². The highest BCUT2D eigenvalue weighted by atomic mass is 35.5. The van der Waals surface area contributed by atoms with Crippen LogP contribution in [0.2, 0.25) is 5.02 Å². The predicted molar refractivity (Wildman–Crippen MR) is 129 cm³/mol. The zero-order valence-corrected chi connectivity index (χ0v) is 20.0. The average Bonchev–Trinajstić information content (AvgIpc) is 3.15. The summed E-state index contributed by atoms with van der Waals surface area (Å²) in [4.78, 5) is 27.0. The number of esters is 1. The van der Waals surface area contributed by atoms with Crippen molar-refractivity contribution < 1.29 is 19.1 Å². The fourth-order valence-electron chi connectivity index (χ4n) is 3.98. The van der Waals surface area contributed by atoms with E-state index in [1.807, 2.05) is 36.0 Å². The Morgan fingerprint density at radius 3 is 2.65 bits per heavy atom. The zero-order valence-electron chi connectivity index (χ0n) is 19.2. The molecule has 0 unspecified atom stereocenters. The maximum atomic E-state index is 13.0. The van der Waals surface area contributed by atoms with Gasteiger partial charge in [0.25, 0.3) is 0 Å². The number of urea groups is 1. The number of nitrogens with zero attached hydrogens (tertiary/aromatic N) is 3. The second kappa shape index (κ2) is 10.7. The predicted octanol–water partition coefficient (Wildman–Crippen LogP) is 4.56. The Bertz CT molecular complexity index is 1180. The molecule has 0 saturated heterocycles. The molecule has 0 fully saturated rings. The van der Waals surface area contributed by atoms with Crippen molar-refractivity contribution in [3.63, 3.8) is 0 Å². The molecular formula is C25H27ClN4O4. The molecule has 0 spiro atoms. The van der Waals surface area contributed by atoms with E-state index in [9.17, 15) is 9.59 Å². The number of carbonyl (C=O) groups is 2. The third kappa shape index (κ3) is 5.40. The van der Waals surface area contributed by atoms with E-state index in [0.717, 1.165) is 22.5 Å². The lowest BCUT2D eigenvalue weighted by molar-refractivity contribution is 0.0527. The first-order valence-electron chi connectivity index (χ1n) is 11.1. The van der Waals surface area contributed by atoms with Gasteiger partial charge in [0.05, 0.1) is 43.3 Å². The first-order valence-corrected chi connectivity index (χ1v) is 11.5. The van der Waals surface area contributed by atoms with Gasteiger partial charge in [0, 0.05) is 36.3 Å². The number of rotatable bonds is 7. The summed E-state index contributed by atoms with van der Waals surface area (Å²) in [5.74, 6) is -0.466. The molecule has 1 aliphatic rings. The number of aromatic nitrogens is 2. The highest BCUT2D eigenvalue weighted by molar-refractivity contribution is 6.30. The van der Waals surface area contributed by atoms with Crippen LogP contribution in [0.1, 0.15) is 39.8 Å². The molecule has 1 N–H and O–H groups in total. The normalized spacial score (nSPS) is 12.9. The van der Waals surface area contributed by atoms with Gasteiger partial charge in [-0.15, -0.1) is 0 Å². The molecule has 2 aromatic carbocycles. The van der Waals surface area contributed by atoms with Crippen molar-refractivity contribution in [1.82, 2.24) is 14.7 Å². The van der Waals surface area contributed by atoms with Gasteiger partial charge in [-0.05, 0) is 36.8 Å². The summed E-state index contributed by atoms with van der Waals surface area (Å²) in [5, 5.41) is 8.17. The highest BCUT2D eigenvalue weighted by Gasteiger charge is 2.27. The van der Waals surface area contributed by atoms with E-state index in [4.69, 9.17) is 21.1 Å². The quantitative estimate of drug-likeness (QED) is 0.499. The fourth-order valence-corrected chi connectivity index (χ4v) is 4.10. The largest absolute Gasteiger partial charge is 0.462 e. The lowest BCUT2D eigenvalue weighted by Gasteiger charge is -2.28. The molecule has 2 heterocycles. The number of amides is 2. The van der Waals surface area contributed by atoms with E-state index >= 15 is 0 Å². The van der Waals surface area contributed by atoms with Gasteiger partial charge in [0.15, 0.2) is 0 Å². The van der Waals surface area contributed by atoms with Gasteiger partial charge in [-0.3, -0.25) is 4.68 Å². The van der Waals surface area contributed by atoms with Crippen molar-refractivity contribution in [2.24, 2.45) is 7.05 Å². The Hall–Kier alpha value is -3.36. The van der Waals surface area contributed by atoms with Crippen LogP contribution in [0.4, 0.5) is 10.5 Å². The number of ether oxygens (including phenoxy) is 2. The minimum absolute atomic E-state index is 0.264. The van der Waals surface area contributed by atoms with Crippen LogP contribution in [0.25, 0.3) is 0 Å². The Morgan fingerprint density at radius 1 is 1.12 bits per heavy atom. The van der Waals surface area contributed by atoms with Crippen molar-refractivity contribution in [2.45, 2.75) is 33.1 Å². The fraction of sp³-hybridized carbons (Fsp3) is 0.320. The third-order valence-electron chi connectivity index (χ3n) is 5.70. The molecule has 0 atom stereocenters. The number of carbonyl (C=O) groups excluding carboxylic acids is 2. The number of fused-ring (bicyclic) bond motifs is 1. The monoisotopic (exact) mass is 482 g/mol. The smallest absolute Gasteiger partial charge is 0.340 e. The molecule has 1 aliphatic heterocycles. The minimum Gasteiger partial charge on any atom is -0.462 e. The van der Waals surface area contributed by atoms with Gasteiger partial charge < -0.3 is 19.7 Å². The summed E-state index contributed by atoms with van der Waals surface area (Å²) >= 11 is 5.94. The number of para-hydroxylation sites is 1. The molecule has 0 aliphatic carbocycles. The van der Waals surface area contributed by atoms with Crippen molar-refractivity contribution in [1.29, 1.82) is 0 Å². The number of hydrogen-bond acceptors (Lipinski definition) is 5.